The lowest BCUT2D eigenvalue weighted by Gasteiger charge is -2.43. The molecule has 1 aromatic carbocycles. The van der Waals surface area contributed by atoms with Crippen molar-refractivity contribution in [3.8, 4) is 0 Å². The molecule has 1 atom stereocenters. The molecular weight excluding hydrogens is 486 g/mol. The van der Waals surface area contributed by atoms with Gasteiger partial charge in [0.05, 0.1) is 28.7 Å². The zero-order valence-electron chi connectivity index (χ0n) is 23.0. The van der Waals surface area contributed by atoms with Gasteiger partial charge < -0.3 is 14.8 Å². The Bertz CT molecular complexity index is 1080. The van der Waals surface area contributed by atoms with Gasteiger partial charge >= 0.3 is 0 Å². The van der Waals surface area contributed by atoms with Crippen molar-refractivity contribution in [1.82, 2.24) is 0 Å². The molecule has 1 amide bonds. The molecule has 1 aromatic rings. The number of anilines is 1. The van der Waals surface area contributed by atoms with Crippen LogP contribution in [0, 0.1) is 10.8 Å². The van der Waals surface area contributed by atoms with E-state index in [0.717, 1.165) is 6.07 Å². The van der Waals surface area contributed by atoms with Crippen molar-refractivity contribution in [3.63, 3.8) is 0 Å². The number of carbonyl (C=O) groups is 3. The van der Waals surface area contributed by atoms with Crippen LogP contribution >= 0.6 is 0 Å². The van der Waals surface area contributed by atoms with Crippen LogP contribution in [0.3, 0.4) is 0 Å². The van der Waals surface area contributed by atoms with Gasteiger partial charge in [-0.2, -0.15) is 8.42 Å². The second-order valence-electron chi connectivity index (χ2n) is 11.9. The summed E-state index contributed by atoms with van der Waals surface area (Å²) in [5.74, 6) is -1.27. The predicted molar refractivity (Wildman–Crippen MR) is 137 cm³/mol. The highest BCUT2D eigenvalue weighted by molar-refractivity contribution is 7.86. The standard InChI is InChI=1S/C26H41NO8S/c1-23(2,3)22(30)18(15-21(29)27-17-13-11-12-14-19(17)36(31,32)33)35-26(9,10)25(7,8)20(28)16-34-24(4,5)6/h11-14,18H,15-16H2,1-10H3,(H,27,29)(H,31,32,33). The molecule has 2 N–H and O–H groups in total. The number of ketones is 2. The maximum absolute atomic E-state index is 13.3. The van der Waals surface area contributed by atoms with Gasteiger partial charge in [0.1, 0.15) is 17.6 Å². The van der Waals surface area contributed by atoms with Gasteiger partial charge in [0.15, 0.2) is 11.6 Å². The lowest BCUT2D eigenvalue weighted by Crippen LogP contribution is -2.53. The number of rotatable bonds is 11. The number of hydrogen-bond acceptors (Lipinski definition) is 7. The molecule has 0 aliphatic rings. The number of hydrogen-bond donors (Lipinski definition) is 2. The summed E-state index contributed by atoms with van der Waals surface area (Å²) >= 11 is 0. The lowest BCUT2D eigenvalue weighted by molar-refractivity contribution is -0.177. The van der Waals surface area contributed by atoms with Gasteiger partial charge in [0.2, 0.25) is 5.91 Å². The summed E-state index contributed by atoms with van der Waals surface area (Å²) in [7, 11) is -4.58. The van der Waals surface area contributed by atoms with E-state index in [-0.39, 0.29) is 23.9 Å². The van der Waals surface area contributed by atoms with Crippen molar-refractivity contribution in [1.29, 1.82) is 0 Å². The molecule has 0 saturated carbocycles. The smallest absolute Gasteiger partial charge is 0.296 e. The molecule has 10 heteroatoms. The molecule has 0 saturated heterocycles. The van der Waals surface area contributed by atoms with Crippen LogP contribution in [0.4, 0.5) is 5.69 Å². The largest absolute Gasteiger partial charge is 0.368 e. The minimum Gasteiger partial charge on any atom is -0.368 e. The Labute approximate surface area is 215 Å². The molecule has 0 aliphatic carbocycles. The van der Waals surface area contributed by atoms with E-state index in [9.17, 15) is 27.4 Å². The third-order valence-electron chi connectivity index (χ3n) is 6.12. The molecule has 0 spiro atoms. The summed E-state index contributed by atoms with van der Waals surface area (Å²) in [4.78, 5) is 38.8. The molecule has 0 fully saturated rings. The summed E-state index contributed by atoms with van der Waals surface area (Å²) < 4.78 is 44.6. The summed E-state index contributed by atoms with van der Waals surface area (Å²) in [5.41, 5.74) is -3.76. The quantitative estimate of drug-likeness (QED) is 0.403. The molecule has 0 aliphatic heterocycles. The van der Waals surface area contributed by atoms with Crippen LogP contribution in [0.25, 0.3) is 0 Å². The number of Topliss-reactive ketones (excluding diaryl/α,β-unsaturated/α-hetero) is 2. The highest BCUT2D eigenvalue weighted by atomic mass is 32.2. The van der Waals surface area contributed by atoms with Crippen LogP contribution in [0.5, 0.6) is 0 Å². The van der Waals surface area contributed by atoms with Crippen molar-refractivity contribution >= 4 is 33.3 Å². The monoisotopic (exact) mass is 527 g/mol. The molecule has 0 aromatic heterocycles. The van der Waals surface area contributed by atoms with Gasteiger partial charge in [-0.3, -0.25) is 18.9 Å². The van der Waals surface area contributed by atoms with E-state index >= 15 is 0 Å². The molecule has 0 heterocycles. The van der Waals surface area contributed by atoms with Crippen LogP contribution < -0.4 is 5.32 Å². The molecular formula is C26H41NO8S. The van der Waals surface area contributed by atoms with Gasteiger partial charge in [-0.05, 0) is 46.8 Å². The maximum atomic E-state index is 13.3. The Morgan fingerprint density at radius 3 is 1.94 bits per heavy atom. The number of amides is 1. The van der Waals surface area contributed by atoms with Gasteiger partial charge in [-0.15, -0.1) is 0 Å². The lowest BCUT2D eigenvalue weighted by atomic mass is 9.73. The molecule has 0 bridgehead atoms. The summed E-state index contributed by atoms with van der Waals surface area (Å²) in [6.07, 6.45) is -1.66. The maximum Gasteiger partial charge on any atom is 0.296 e. The molecule has 204 valence electrons. The van der Waals surface area contributed by atoms with Gasteiger partial charge in [-0.1, -0.05) is 46.8 Å². The number of carbonyl (C=O) groups excluding carboxylic acids is 3. The van der Waals surface area contributed by atoms with Gasteiger partial charge in [-0.25, -0.2) is 0 Å². The third kappa shape index (κ3) is 8.76. The normalized spacial score (nSPS) is 14.3. The van der Waals surface area contributed by atoms with Crippen LogP contribution in [0.1, 0.15) is 75.7 Å². The molecule has 0 radical (unpaired) electrons. The summed E-state index contributed by atoms with van der Waals surface area (Å²) in [5, 5.41) is 2.44. The molecule has 9 nitrogen and oxygen atoms in total. The fourth-order valence-electron chi connectivity index (χ4n) is 3.14. The molecule has 1 unspecified atom stereocenters. The number of benzene rings is 1. The second kappa shape index (κ2) is 11.1. The third-order valence-corrected chi connectivity index (χ3v) is 7.03. The van der Waals surface area contributed by atoms with E-state index in [1.807, 2.05) is 20.8 Å². The zero-order valence-corrected chi connectivity index (χ0v) is 23.8. The number of ether oxygens (including phenoxy) is 2. The van der Waals surface area contributed by atoms with E-state index in [1.165, 1.54) is 18.2 Å². The first-order valence-corrected chi connectivity index (χ1v) is 13.2. The Morgan fingerprint density at radius 1 is 0.944 bits per heavy atom. The highest BCUT2D eigenvalue weighted by Gasteiger charge is 2.47. The summed E-state index contributed by atoms with van der Waals surface area (Å²) in [6, 6.07) is 5.37. The van der Waals surface area contributed by atoms with E-state index in [2.05, 4.69) is 5.32 Å². The zero-order chi connectivity index (χ0) is 28.3. The van der Waals surface area contributed by atoms with Crippen molar-refractivity contribution in [3.05, 3.63) is 24.3 Å². The minimum absolute atomic E-state index is 0.124. The molecule has 1 rings (SSSR count). The van der Waals surface area contributed by atoms with E-state index in [1.54, 1.807) is 48.5 Å². The van der Waals surface area contributed by atoms with E-state index in [0.29, 0.717) is 0 Å². The van der Waals surface area contributed by atoms with Crippen LogP contribution in [-0.2, 0) is 34.0 Å². The topological polar surface area (TPSA) is 136 Å². The van der Waals surface area contributed by atoms with Crippen LogP contribution in [-0.4, -0.2) is 54.4 Å². The molecule has 36 heavy (non-hydrogen) atoms. The Hall–Kier alpha value is -2.14. The second-order valence-corrected chi connectivity index (χ2v) is 13.3. The first-order chi connectivity index (χ1) is 16.0. The fourth-order valence-corrected chi connectivity index (χ4v) is 3.78. The van der Waals surface area contributed by atoms with Crippen molar-refractivity contribution in [2.45, 2.75) is 97.9 Å². The fraction of sp³-hybridized carbons (Fsp3) is 0.654. The van der Waals surface area contributed by atoms with Gasteiger partial charge in [0, 0.05) is 5.41 Å². The van der Waals surface area contributed by atoms with Crippen molar-refractivity contribution in [2.75, 3.05) is 11.9 Å². The van der Waals surface area contributed by atoms with Gasteiger partial charge in [0.25, 0.3) is 10.1 Å². The van der Waals surface area contributed by atoms with Crippen molar-refractivity contribution < 1.29 is 36.8 Å². The van der Waals surface area contributed by atoms with E-state index in [4.69, 9.17) is 9.47 Å². The first kappa shape index (κ1) is 31.9. The Morgan fingerprint density at radius 2 is 1.47 bits per heavy atom. The predicted octanol–water partition coefficient (Wildman–Crippen LogP) is 4.45. The number of para-hydroxylation sites is 1. The van der Waals surface area contributed by atoms with Crippen LogP contribution in [0.15, 0.2) is 29.2 Å². The Kier molecular flexibility index (Phi) is 9.82. The number of nitrogens with one attached hydrogen (secondary N) is 1. The Balaban J connectivity index is 3.22. The van der Waals surface area contributed by atoms with Crippen LogP contribution in [0.2, 0.25) is 0 Å². The van der Waals surface area contributed by atoms with E-state index < -0.39 is 55.5 Å². The SMILES string of the molecule is CC(C)(C)OCC(=O)C(C)(C)C(C)(C)OC(CC(=O)Nc1ccccc1S(=O)(=O)O)C(=O)C(C)(C)C. The minimum atomic E-state index is -4.58. The first-order valence-electron chi connectivity index (χ1n) is 11.7. The van der Waals surface area contributed by atoms with Crippen molar-refractivity contribution in [2.24, 2.45) is 10.8 Å². The average molecular weight is 528 g/mol. The highest BCUT2D eigenvalue weighted by Crippen LogP contribution is 2.38. The average Bonchev–Trinajstić information content (AvgIpc) is 2.68. The summed E-state index contributed by atoms with van der Waals surface area (Å²) in [6.45, 7) is 17.2.